The average Bonchev–Trinajstić information content (AvgIpc) is 2.16. The van der Waals surface area contributed by atoms with Crippen molar-refractivity contribution in [2.75, 3.05) is 11.9 Å². The van der Waals surface area contributed by atoms with Gasteiger partial charge >= 0.3 is 0 Å². The van der Waals surface area contributed by atoms with Gasteiger partial charge in [-0.1, -0.05) is 15.9 Å². The molecule has 0 atom stereocenters. The topological polar surface area (TPSA) is 52.4 Å². The van der Waals surface area contributed by atoms with Gasteiger partial charge in [0, 0.05) is 11.4 Å². The molecule has 1 aromatic carbocycles. The molecular formula is C8H7Br2NO3. The fourth-order valence-electron chi connectivity index (χ4n) is 0.865. The van der Waals surface area contributed by atoms with Crippen molar-refractivity contribution < 1.29 is 9.66 Å². The fourth-order valence-corrected chi connectivity index (χ4v) is 1.39. The lowest BCUT2D eigenvalue weighted by atomic mass is 10.3. The largest absolute Gasteiger partial charge is 0.491 e. The minimum atomic E-state index is -0.451. The van der Waals surface area contributed by atoms with Crippen LogP contribution in [0, 0.1) is 10.1 Å². The Labute approximate surface area is 97.7 Å². The Hall–Kier alpha value is -0.620. The van der Waals surface area contributed by atoms with Crippen molar-refractivity contribution in [3.63, 3.8) is 0 Å². The van der Waals surface area contributed by atoms with E-state index in [9.17, 15) is 10.1 Å². The van der Waals surface area contributed by atoms with E-state index in [1.807, 2.05) is 0 Å². The number of hydrogen-bond donors (Lipinski definition) is 0. The molecule has 0 aliphatic carbocycles. The Balaban J connectivity index is 2.90. The average molecular weight is 325 g/mol. The van der Waals surface area contributed by atoms with Crippen LogP contribution in [0.1, 0.15) is 0 Å². The lowest BCUT2D eigenvalue weighted by molar-refractivity contribution is -0.384. The fraction of sp³-hybridized carbons (Fsp3) is 0.250. The monoisotopic (exact) mass is 323 g/mol. The molecule has 0 aliphatic rings. The molecule has 4 nitrogen and oxygen atoms in total. The Morgan fingerprint density at radius 1 is 1.50 bits per heavy atom. The van der Waals surface area contributed by atoms with Crippen molar-refractivity contribution in [3.8, 4) is 5.75 Å². The van der Waals surface area contributed by atoms with Gasteiger partial charge in [-0.3, -0.25) is 10.1 Å². The maximum absolute atomic E-state index is 10.5. The van der Waals surface area contributed by atoms with E-state index < -0.39 is 4.92 Å². The molecule has 0 aromatic heterocycles. The summed E-state index contributed by atoms with van der Waals surface area (Å²) in [6.07, 6.45) is 0. The van der Waals surface area contributed by atoms with Crippen LogP contribution < -0.4 is 4.74 Å². The van der Waals surface area contributed by atoms with Crippen molar-refractivity contribution in [1.82, 2.24) is 0 Å². The van der Waals surface area contributed by atoms with Gasteiger partial charge in [0.05, 0.1) is 22.1 Å². The molecule has 0 spiro atoms. The lowest BCUT2D eigenvalue weighted by Gasteiger charge is -2.05. The van der Waals surface area contributed by atoms with Gasteiger partial charge in [-0.05, 0) is 22.0 Å². The number of nitrogens with zero attached hydrogens (tertiary/aromatic N) is 1. The van der Waals surface area contributed by atoms with E-state index in [-0.39, 0.29) is 5.69 Å². The minimum absolute atomic E-state index is 0.0257. The number of halogens is 2. The molecule has 1 rings (SSSR count). The Morgan fingerprint density at radius 3 is 2.79 bits per heavy atom. The first-order valence-corrected chi connectivity index (χ1v) is 5.69. The van der Waals surface area contributed by atoms with E-state index >= 15 is 0 Å². The van der Waals surface area contributed by atoms with E-state index in [0.717, 1.165) is 0 Å². The van der Waals surface area contributed by atoms with Gasteiger partial charge in [-0.2, -0.15) is 0 Å². The second-order valence-electron chi connectivity index (χ2n) is 2.41. The third-order valence-electron chi connectivity index (χ3n) is 1.46. The predicted molar refractivity (Wildman–Crippen MR) is 60.1 cm³/mol. The van der Waals surface area contributed by atoms with Crippen LogP contribution in [0.15, 0.2) is 22.7 Å². The van der Waals surface area contributed by atoms with Crippen molar-refractivity contribution in [2.24, 2.45) is 0 Å². The molecule has 6 heteroatoms. The number of rotatable bonds is 4. The van der Waals surface area contributed by atoms with E-state index in [4.69, 9.17) is 4.74 Å². The van der Waals surface area contributed by atoms with Crippen molar-refractivity contribution >= 4 is 37.5 Å². The first kappa shape index (κ1) is 11.5. The third-order valence-corrected chi connectivity index (χ3v) is 2.44. The number of hydrogen-bond acceptors (Lipinski definition) is 3. The minimum Gasteiger partial charge on any atom is -0.491 e. The highest BCUT2D eigenvalue weighted by molar-refractivity contribution is 9.10. The molecule has 0 saturated heterocycles. The molecule has 0 heterocycles. The maximum Gasteiger partial charge on any atom is 0.273 e. The highest BCUT2D eigenvalue weighted by atomic mass is 79.9. The summed E-state index contributed by atoms with van der Waals surface area (Å²) in [5, 5.41) is 11.1. The van der Waals surface area contributed by atoms with Crippen LogP contribution in [0.5, 0.6) is 5.75 Å². The van der Waals surface area contributed by atoms with Gasteiger partial charge in [0.2, 0.25) is 0 Å². The zero-order valence-corrected chi connectivity index (χ0v) is 10.2. The second kappa shape index (κ2) is 5.31. The summed E-state index contributed by atoms with van der Waals surface area (Å²) >= 11 is 6.45. The van der Waals surface area contributed by atoms with Crippen LogP contribution in [0.2, 0.25) is 0 Å². The van der Waals surface area contributed by atoms with Crippen LogP contribution in [-0.4, -0.2) is 16.9 Å². The number of ether oxygens (including phenoxy) is 1. The van der Waals surface area contributed by atoms with Crippen LogP contribution in [-0.2, 0) is 0 Å². The summed E-state index contributed by atoms with van der Waals surface area (Å²) in [6.45, 7) is 0.472. The number of benzene rings is 1. The summed E-state index contributed by atoms with van der Waals surface area (Å²) < 4.78 is 5.99. The quantitative estimate of drug-likeness (QED) is 0.485. The van der Waals surface area contributed by atoms with E-state index in [0.29, 0.717) is 22.2 Å². The van der Waals surface area contributed by atoms with Gasteiger partial charge in [-0.25, -0.2) is 0 Å². The second-order valence-corrected chi connectivity index (χ2v) is 4.06. The summed E-state index contributed by atoms with van der Waals surface area (Å²) in [5.41, 5.74) is 0.0257. The molecular weight excluding hydrogens is 318 g/mol. The van der Waals surface area contributed by atoms with E-state index in [2.05, 4.69) is 31.9 Å². The standard InChI is InChI=1S/C8H7Br2NO3/c9-3-4-14-8-5-6(11(12)13)1-2-7(8)10/h1-2,5H,3-4H2. The van der Waals surface area contributed by atoms with Crippen molar-refractivity contribution in [1.29, 1.82) is 0 Å². The molecule has 0 saturated carbocycles. The highest BCUT2D eigenvalue weighted by Gasteiger charge is 2.09. The molecule has 0 unspecified atom stereocenters. The number of nitro groups is 1. The molecule has 76 valence electrons. The van der Waals surface area contributed by atoms with Gasteiger partial charge in [-0.15, -0.1) is 0 Å². The summed E-state index contributed by atoms with van der Waals surface area (Å²) in [4.78, 5) is 10.0. The van der Waals surface area contributed by atoms with Crippen LogP contribution in [0.25, 0.3) is 0 Å². The molecule has 0 radical (unpaired) electrons. The van der Waals surface area contributed by atoms with Crippen LogP contribution in [0.4, 0.5) is 5.69 Å². The predicted octanol–water partition coefficient (Wildman–Crippen LogP) is 3.13. The van der Waals surface area contributed by atoms with Crippen LogP contribution in [0.3, 0.4) is 0 Å². The number of non-ortho nitro benzene ring substituents is 1. The third kappa shape index (κ3) is 2.95. The molecule has 14 heavy (non-hydrogen) atoms. The molecule has 0 fully saturated rings. The zero-order chi connectivity index (χ0) is 10.6. The smallest absolute Gasteiger partial charge is 0.273 e. The van der Waals surface area contributed by atoms with Gasteiger partial charge in [0.25, 0.3) is 5.69 Å². The maximum atomic E-state index is 10.5. The lowest BCUT2D eigenvalue weighted by Crippen LogP contribution is -1.99. The molecule has 0 aliphatic heterocycles. The summed E-state index contributed by atoms with van der Waals surface area (Å²) in [6, 6.07) is 4.42. The molecule has 0 amide bonds. The molecule has 0 bridgehead atoms. The Kier molecular flexibility index (Phi) is 4.34. The van der Waals surface area contributed by atoms with E-state index in [1.165, 1.54) is 12.1 Å². The normalized spacial score (nSPS) is 9.86. The van der Waals surface area contributed by atoms with E-state index in [1.54, 1.807) is 6.07 Å². The van der Waals surface area contributed by atoms with Gasteiger partial charge in [0.1, 0.15) is 5.75 Å². The summed E-state index contributed by atoms with van der Waals surface area (Å²) in [7, 11) is 0. The summed E-state index contributed by atoms with van der Waals surface area (Å²) in [5.74, 6) is 0.485. The Bertz CT molecular complexity index is 343. The number of alkyl halides is 1. The molecule has 0 N–H and O–H groups in total. The zero-order valence-electron chi connectivity index (χ0n) is 7.07. The first-order chi connectivity index (χ1) is 6.65. The van der Waals surface area contributed by atoms with Crippen molar-refractivity contribution in [2.45, 2.75) is 0 Å². The van der Waals surface area contributed by atoms with Gasteiger partial charge in [0.15, 0.2) is 0 Å². The highest BCUT2D eigenvalue weighted by Crippen LogP contribution is 2.29. The molecule has 1 aromatic rings. The Morgan fingerprint density at radius 2 is 2.21 bits per heavy atom. The first-order valence-electron chi connectivity index (χ1n) is 3.78. The van der Waals surface area contributed by atoms with Crippen molar-refractivity contribution in [3.05, 3.63) is 32.8 Å². The SMILES string of the molecule is O=[N+]([O-])c1ccc(Br)c(OCCBr)c1. The van der Waals surface area contributed by atoms with Gasteiger partial charge < -0.3 is 4.74 Å². The van der Waals surface area contributed by atoms with Crippen LogP contribution >= 0.6 is 31.9 Å². The number of nitro benzene ring substituents is 1.